The summed E-state index contributed by atoms with van der Waals surface area (Å²) in [5.41, 5.74) is 0.167. The second-order valence-corrected chi connectivity index (χ2v) is 3.27. The molecular weight excluding hydrogens is 134 g/mol. The highest BCUT2D eigenvalue weighted by Crippen LogP contribution is 2.02. The van der Waals surface area contributed by atoms with E-state index in [2.05, 4.69) is 6.58 Å². The monoisotopic (exact) mass is 152 g/mol. The Morgan fingerprint density at radius 1 is 1.20 bits per heavy atom. The summed E-state index contributed by atoms with van der Waals surface area (Å²) in [7, 11) is 0. The van der Waals surface area contributed by atoms with Gasteiger partial charge in [-0.1, -0.05) is 5.57 Å². The molecule has 64 valence electrons. The van der Waals surface area contributed by atoms with E-state index in [9.17, 15) is 4.39 Å². The maximum absolute atomic E-state index is 11.7. The van der Waals surface area contributed by atoms with Crippen molar-refractivity contribution in [2.24, 2.45) is 0 Å². The summed E-state index contributed by atoms with van der Waals surface area (Å²) < 4.78 is 11.7. The predicted octanol–water partition coefficient (Wildman–Crippen LogP) is 3.49. The number of allylic oxidation sites excluding steroid dienone is 1. The van der Waals surface area contributed by atoms with E-state index in [0.717, 1.165) is 0 Å². The van der Waals surface area contributed by atoms with E-state index >= 15 is 0 Å². The molecule has 0 radical (unpaired) electrons. The first-order valence-corrected chi connectivity index (χ1v) is 3.04. The van der Waals surface area contributed by atoms with Gasteiger partial charge >= 0.3 is 0 Å². The molecule has 0 rings (SSSR count). The zero-order chi connectivity index (χ0) is 8.08. The molecule has 10 heavy (non-hydrogen) atoms. The van der Waals surface area contributed by atoms with Crippen LogP contribution in [0.25, 0.3) is 0 Å². The third-order valence-electron chi connectivity index (χ3n) is 0. The number of halogens is 2. The smallest absolute Gasteiger partial charge is 0.102 e. The van der Waals surface area contributed by atoms with Gasteiger partial charge in [-0.05, 0) is 34.6 Å². The Balaban J connectivity index is -0.0000000910. The normalized spacial score (nSPS) is 8.60. The first-order chi connectivity index (χ1) is 3.73. The largest absolute Gasteiger partial charge is 0.269 e. The van der Waals surface area contributed by atoms with E-state index in [-0.39, 0.29) is 4.70 Å². The summed E-state index contributed by atoms with van der Waals surface area (Å²) >= 11 is 0. The lowest BCUT2D eigenvalue weighted by Crippen LogP contribution is -2.01. The molecule has 0 aromatic rings. The molecule has 0 aliphatic carbocycles. The molecule has 0 aliphatic heterocycles. The zero-order valence-electron chi connectivity index (χ0n) is 7.49. The molecule has 0 saturated carbocycles. The van der Waals surface area contributed by atoms with Gasteiger partial charge in [0.25, 0.3) is 0 Å². The maximum atomic E-state index is 11.7. The minimum Gasteiger partial charge on any atom is -0.269 e. The first-order valence-electron chi connectivity index (χ1n) is 3.04. The van der Waals surface area contributed by atoms with Gasteiger partial charge in [0.1, 0.15) is 5.67 Å². The van der Waals surface area contributed by atoms with Crippen LogP contribution in [-0.4, -0.2) is 5.67 Å². The number of hydrogen-bond acceptors (Lipinski definition) is 0. The van der Waals surface area contributed by atoms with Crippen LogP contribution in [0.4, 0.5) is 9.09 Å². The minimum atomic E-state index is -1.00. The third kappa shape index (κ3) is 2070. The quantitative estimate of drug-likeness (QED) is 0.466. The summed E-state index contributed by atoms with van der Waals surface area (Å²) in [4.78, 5) is 0. The Morgan fingerprint density at radius 2 is 1.20 bits per heavy atom. The van der Waals surface area contributed by atoms with E-state index in [1.165, 1.54) is 26.3 Å². The maximum Gasteiger partial charge on any atom is 0.102 e. The Hall–Kier alpha value is -0.400. The van der Waals surface area contributed by atoms with Gasteiger partial charge in [-0.2, -0.15) is 0 Å². The number of hydrogen-bond donors (Lipinski definition) is 0. The van der Waals surface area contributed by atoms with Gasteiger partial charge in [0.15, 0.2) is 0 Å². The van der Waals surface area contributed by atoms with Gasteiger partial charge in [-0.3, -0.25) is 4.70 Å². The molecule has 0 fully saturated rings. The van der Waals surface area contributed by atoms with Crippen molar-refractivity contribution in [1.82, 2.24) is 0 Å². The fraction of sp³-hybridized carbons (Fsp3) is 0.750. The van der Waals surface area contributed by atoms with Crippen LogP contribution in [0.5, 0.6) is 0 Å². The Bertz CT molecular complexity index is 69.7. The van der Waals surface area contributed by atoms with Crippen LogP contribution in [0.15, 0.2) is 12.2 Å². The highest BCUT2D eigenvalue weighted by molar-refractivity contribution is 4.78. The molecule has 0 bridgehead atoms. The molecule has 0 heterocycles. The van der Waals surface area contributed by atoms with Gasteiger partial charge in [-0.25, -0.2) is 4.39 Å². The second kappa shape index (κ2) is 6.72. The molecular formula is C8H18F2. The van der Waals surface area contributed by atoms with Crippen molar-refractivity contribution in [3.63, 3.8) is 0 Å². The summed E-state index contributed by atoms with van der Waals surface area (Å²) in [5, 5.41) is 0. The molecule has 0 saturated heterocycles. The van der Waals surface area contributed by atoms with Crippen molar-refractivity contribution in [1.29, 1.82) is 0 Å². The van der Waals surface area contributed by atoms with Crippen LogP contribution in [0.2, 0.25) is 0 Å². The molecule has 0 unspecified atom stereocenters. The van der Waals surface area contributed by atoms with E-state index in [1.54, 1.807) is 0 Å². The molecule has 0 amide bonds. The predicted molar refractivity (Wildman–Crippen MR) is 43.9 cm³/mol. The molecule has 0 spiro atoms. The highest BCUT2D eigenvalue weighted by Gasteiger charge is 2.01. The standard InChI is InChI=1S/C4H9F.C4H8.FH/c1-4(2,3)5;1-4(2)3;/h1-3H3;1H2,2-3H3;1H. The van der Waals surface area contributed by atoms with Crippen LogP contribution in [0.1, 0.15) is 34.6 Å². The summed E-state index contributed by atoms with van der Waals surface area (Å²) in [6.45, 7) is 12.1. The lowest BCUT2D eigenvalue weighted by molar-refractivity contribution is 0.246. The van der Waals surface area contributed by atoms with Gasteiger partial charge in [-0.15, -0.1) is 6.58 Å². The van der Waals surface area contributed by atoms with Gasteiger partial charge in [0.2, 0.25) is 0 Å². The SMILES string of the molecule is C=C(C)C.CC(C)(C)F.F. The van der Waals surface area contributed by atoms with Crippen LogP contribution in [-0.2, 0) is 0 Å². The Morgan fingerprint density at radius 3 is 1.20 bits per heavy atom. The lowest BCUT2D eigenvalue weighted by Gasteiger charge is -1.99. The minimum absolute atomic E-state index is 0. The Kier molecular flexibility index (Phi) is 10.9. The molecule has 2 heteroatoms. The topological polar surface area (TPSA) is 0 Å². The fourth-order valence-corrected chi connectivity index (χ4v) is 0. The first kappa shape index (κ1) is 16.3. The van der Waals surface area contributed by atoms with Crippen molar-refractivity contribution in [2.75, 3.05) is 0 Å². The van der Waals surface area contributed by atoms with E-state index < -0.39 is 5.67 Å². The molecule has 0 aromatic carbocycles. The van der Waals surface area contributed by atoms with E-state index in [4.69, 9.17) is 0 Å². The summed E-state index contributed by atoms with van der Waals surface area (Å²) in [6.07, 6.45) is 0. The second-order valence-electron chi connectivity index (χ2n) is 3.27. The highest BCUT2D eigenvalue weighted by atomic mass is 19.1. The van der Waals surface area contributed by atoms with E-state index in [0.29, 0.717) is 0 Å². The lowest BCUT2D eigenvalue weighted by atomic mass is 10.2. The summed E-state index contributed by atoms with van der Waals surface area (Å²) in [5.74, 6) is 0. The number of rotatable bonds is 0. The fourth-order valence-electron chi connectivity index (χ4n) is 0. The van der Waals surface area contributed by atoms with E-state index in [1.807, 2.05) is 13.8 Å². The molecule has 0 atom stereocenters. The van der Waals surface area contributed by atoms with Crippen LogP contribution in [0, 0.1) is 0 Å². The van der Waals surface area contributed by atoms with Crippen molar-refractivity contribution in [3.05, 3.63) is 12.2 Å². The van der Waals surface area contributed by atoms with Crippen LogP contribution >= 0.6 is 0 Å². The van der Waals surface area contributed by atoms with Gasteiger partial charge in [0, 0.05) is 0 Å². The van der Waals surface area contributed by atoms with Gasteiger partial charge in [0.05, 0.1) is 0 Å². The average Bonchev–Trinajstić information content (AvgIpc) is 1.19. The number of alkyl halides is 1. The zero-order valence-corrected chi connectivity index (χ0v) is 7.49. The molecule has 0 nitrogen and oxygen atoms in total. The van der Waals surface area contributed by atoms with Gasteiger partial charge < -0.3 is 0 Å². The van der Waals surface area contributed by atoms with Crippen molar-refractivity contribution in [3.8, 4) is 0 Å². The van der Waals surface area contributed by atoms with Crippen LogP contribution in [0.3, 0.4) is 0 Å². The van der Waals surface area contributed by atoms with Crippen LogP contribution < -0.4 is 0 Å². The molecule has 0 aliphatic rings. The Labute approximate surface area is 62.5 Å². The average molecular weight is 152 g/mol. The summed E-state index contributed by atoms with van der Waals surface area (Å²) in [6, 6.07) is 0. The van der Waals surface area contributed by atoms with Crippen molar-refractivity contribution >= 4 is 0 Å². The van der Waals surface area contributed by atoms with Crippen molar-refractivity contribution in [2.45, 2.75) is 40.3 Å². The third-order valence-corrected chi connectivity index (χ3v) is 0. The van der Waals surface area contributed by atoms with Crippen molar-refractivity contribution < 1.29 is 9.09 Å². The molecule has 0 N–H and O–H groups in total. The molecule has 0 aromatic heterocycles.